The van der Waals surface area contributed by atoms with E-state index in [0.29, 0.717) is 15.6 Å². The first-order chi connectivity index (χ1) is 9.16. The molecule has 0 radical (unpaired) electrons. The van der Waals surface area contributed by atoms with Crippen LogP contribution in [0.1, 0.15) is 12.0 Å². The number of aromatic nitrogens is 3. The minimum atomic E-state index is 0.308. The normalized spacial score (nSPS) is 10.4. The van der Waals surface area contributed by atoms with Crippen LogP contribution in [0.5, 0.6) is 0 Å². The predicted molar refractivity (Wildman–Crippen MR) is 80.5 cm³/mol. The molecular weight excluding hydrogens is 282 g/mol. The third-order valence-corrected chi connectivity index (χ3v) is 3.13. The second-order valence-electron chi connectivity index (χ2n) is 4.01. The van der Waals surface area contributed by atoms with Gasteiger partial charge in [-0.2, -0.15) is 0 Å². The van der Waals surface area contributed by atoms with Gasteiger partial charge in [0.1, 0.15) is 4.99 Å². The molecule has 0 aliphatic heterocycles. The summed E-state index contributed by atoms with van der Waals surface area (Å²) in [6.45, 7) is 1.65. The van der Waals surface area contributed by atoms with Gasteiger partial charge in [0.05, 0.1) is 11.2 Å². The van der Waals surface area contributed by atoms with Crippen LogP contribution in [0.3, 0.4) is 0 Å². The van der Waals surface area contributed by atoms with Crippen LogP contribution in [0.2, 0.25) is 5.02 Å². The third-order valence-electron chi connectivity index (χ3n) is 2.60. The molecule has 0 bridgehead atoms. The van der Waals surface area contributed by atoms with Crippen molar-refractivity contribution in [3.8, 4) is 0 Å². The molecule has 0 amide bonds. The summed E-state index contributed by atoms with van der Waals surface area (Å²) in [5.41, 5.74) is 7.20. The van der Waals surface area contributed by atoms with E-state index in [0.717, 1.165) is 25.2 Å². The second-order valence-corrected chi connectivity index (χ2v) is 4.85. The van der Waals surface area contributed by atoms with Crippen molar-refractivity contribution >= 4 is 34.5 Å². The van der Waals surface area contributed by atoms with Crippen LogP contribution in [0.15, 0.2) is 30.6 Å². The summed E-state index contributed by atoms with van der Waals surface area (Å²) in [7, 11) is 0. The van der Waals surface area contributed by atoms with Gasteiger partial charge in [-0.1, -0.05) is 29.0 Å². The van der Waals surface area contributed by atoms with Gasteiger partial charge in [-0.05, 0) is 24.6 Å². The van der Waals surface area contributed by atoms with Gasteiger partial charge in [-0.15, -0.1) is 5.10 Å². The zero-order valence-electron chi connectivity index (χ0n) is 10.2. The number of rotatable bonds is 6. The topological polar surface area (TPSA) is 68.8 Å². The van der Waals surface area contributed by atoms with Gasteiger partial charge >= 0.3 is 0 Å². The highest BCUT2D eigenvalue weighted by atomic mass is 35.5. The van der Waals surface area contributed by atoms with Crippen LogP contribution in [0.25, 0.3) is 0 Å². The van der Waals surface area contributed by atoms with Crippen LogP contribution in [0, 0.1) is 0 Å². The highest BCUT2D eigenvalue weighted by Gasteiger charge is 2.03. The van der Waals surface area contributed by atoms with E-state index in [1.54, 1.807) is 10.9 Å². The van der Waals surface area contributed by atoms with Gasteiger partial charge in [0.15, 0.2) is 0 Å². The lowest BCUT2D eigenvalue weighted by molar-refractivity contribution is 0.570. The van der Waals surface area contributed by atoms with Gasteiger partial charge in [0, 0.05) is 30.5 Å². The summed E-state index contributed by atoms with van der Waals surface area (Å²) in [5.74, 6) is 0. The molecule has 7 heteroatoms. The maximum atomic E-state index is 6.09. The Morgan fingerprint density at radius 1 is 1.47 bits per heavy atom. The largest absolute Gasteiger partial charge is 0.389 e. The first-order valence-corrected chi connectivity index (χ1v) is 6.63. The van der Waals surface area contributed by atoms with Gasteiger partial charge in [-0.25, -0.2) is 0 Å². The molecule has 1 heterocycles. The fraction of sp³-hybridized carbons (Fsp3) is 0.250. The number of benzene rings is 1. The Balaban J connectivity index is 1.83. The van der Waals surface area contributed by atoms with E-state index >= 15 is 0 Å². The molecule has 1 aromatic heterocycles. The van der Waals surface area contributed by atoms with Crippen molar-refractivity contribution in [2.24, 2.45) is 5.73 Å². The maximum absolute atomic E-state index is 6.09. The Bertz CT molecular complexity index is 555. The second kappa shape index (κ2) is 6.49. The Hall–Kier alpha value is -1.66. The van der Waals surface area contributed by atoms with Crippen molar-refractivity contribution in [3.05, 3.63) is 41.2 Å². The van der Waals surface area contributed by atoms with Crippen molar-refractivity contribution in [2.45, 2.75) is 13.0 Å². The Morgan fingerprint density at radius 2 is 2.32 bits per heavy atom. The Morgan fingerprint density at radius 3 is 2.95 bits per heavy atom. The highest BCUT2D eigenvalue weighted by molar-refractivity contribution is 7.80. The van der Waals surface area contributed by atoms with Gasteiger partial charge < -0.3 is 11.1 Å². The predicted octanol–water partition coefficient (Wildman–Crippen LogP) is 2.07. The molecule has 0 atom stereocenters. The standard InChI is InChI=1S/C12H14ClN5S/c13-11-8-9(2-3-10(11)12(14)19)15-4-1-6-18-7-5-16-17-18/h2-3,5,7-8,15H,1,4,6H2,(H2,14,19). The van der Waals surface area contributed by atoms with E-state index in [-0.39, 0.29) is 0 Å². The first-order valence-electron chi connectivity index (χ1n) is 5.84. The number of nitrogens with one attached hydrogen (secondary N) is 1. The van der Waals surface area contributed by atoms with E-state index in [9.17, 15) is 0 Å². The average Bonchev–Trinajstić information content (AvgIpc) is 2.87. The third kappa shape index (κ3) is 3.90. The van der Waals surface area contributed by atoms with Crippen molar-refractivity contribution in [1.82, 2.24) is 15.0 Å². The van der Waals surface area contributed by atoms with E-state index in [1.807, 2.05) is 24.4 Å². The summed E-state index contributed by atoms with van der Waals surface area (Å²) in [6.07, 6.45) is 4.45. The van der Waals surface area contributed by atoms with E-state index < -0.39 is 0 Å². The summed E-state index contributed by atoms with van der Waals surface area (Å²) >= 11 is 11.0. The highest BCUT2D eigenvalue weighted by Crippen LogP contribution is 2.20. The number of thiocarbonyl (C=S) groups is 1. The lowest BCUT2D eigenvalue weighted by Crippen LogP contribution is -2.11. The number of anilines is 1. The molecule has 1 aromatic carbocycles. The summed E-state index contributed by atoms with van der Waals surface area (Å²) < 4.78 is 1.80. The van der Waals surface area contributed by atoms with Crippen molar-refractivity contribution in [1.29, 1.82) is 0 Å². The molecule has 0 aliphatic carbocycles. The lowest BCUT2D eigenvalue weighted by atomic mass is 10.2. The van der Waals surface area contributed by atoms with E-state index in [4.69, 9.17) is 29.6 Å². The Kier molecular flexibility index (Phi) is 4.70. The van der Waals surface area contributed by atoms with Crippen molar-refractivity contribution in [2.75, 3.05) is 11.9 Å². The minimum Gasteiger partial charge on any atom is -0.389 e. The SMILES string of the molecule is NC(=S)c1ccc(NCCCn2ccnn2)cc1Cl. The summed E-state index contributed by atoms with van der Waals surface area (Å²) in [6, 6.07) is 5.56. The average molecular weight is 296 g/mol. The summed E-state index contributed by atoms with van der Waals surface area (Å²) in [5, 5.41) is 11.5. The first kappa shape index (κ1) is 13.8. The number of halogens is 1. The molecule has 2 rings (SSSR count). The van der Waals surface area contributed by atoms with Crippen molar-refractivity contribution < 1.29 is 0 Å². The summed E-state index contributed by atoms with van der Waals surface area (Å²) in [4.78, 5) is 0.308. The smallest absolute Gasteiger partial charge is 0.105 e. The molecule has 100 valence electrons. The quantitative estimate of drug-likeness (QED) is 0.631. The van der Waals surface area contributed by atoms with Crippen LogP contribution < -0.4 is 11.1 Å². The fourth-order valence-electron chi connectivity index (χ4n) is 1.65. The Labute approximate surface area is 121 Å². The minimum absolute atomic E-state index is 0.308. The maximum Gasteiger partial charge on any atom is 0.105 e. The molecule has 0 fully saturated rings. The molecule has 19 heavy (non-hydrogen) atoms. The fourth-order valence-corrected chi connectivity index (χ4v) is 2.17. The molecule has 0 unspecified atom stereocenters. The van der Waals surface area contributed by atoms with E-state index in [2.05, 4.69) is 15.6 Å². The van der Waals surface area contributed by atoms with Gasteiger partial charge in [-0.3, -0.25) is 4.68 Å². The zero-order chi connectivity index (χ0) is 13.7. The number of aryl methyl sites for hydroxylation is 1. The van der Waals surface area contributed by atoms with Gasteiger partial charge in [0.2, 0.25) is 0 Å². The molecule has 0 aliphatic rings. The molecular formula is C12H14ClN5S. The van der Waals surface area contributed by atoms with Crippen LogP contribution in [0.4, 0.5) is 5.69 Å². The molecule has 0 spiro atoms. The monoisotopic (exact) mass is 295 g/mol. The molecule has 2 aromatic rings. The van der Waals surface area contributed by atoms with Crippen LogP contribution >= 0.6 is 23.8 Å². The molecule has 5 nitrogen and oxygen atoms in total. The number of nitrogens with two attached hydrogens (primary N) is 1. The van der Waals surface area contributed by atoms with Crippen molar-refractivity contribution in [3.63, 3.8) is 0 Å². The number of nitrogens with zero attached hydrogens (tertiary/aromatic N) is 3. The number of hydrogen-bond donors (Lipinski definition) is 2. The molecule has 0 saturated carbocycles. The van der Waals surface area contributed by atoms with Crippen LogP contribution in [-0.2, 0) is 6.54 Å². The zero-order valence-corrected chi connectivity index (χ0v) is 11.8. The lowest BCUT2D eigenvalue weighted by Gasteiger charge is -2.08. The molecule has 3 N–H and O–H groups in total. The van der Waals surface area contributed by atoms with E-state index in [1.165, 1.54) is 0 Å². The molecule has 0 saturated heterocycles. The number of hydrogen-bond acceptors (Lipinski definition) is 4. The van der Waals surface area contributed by atoms with Gasteiger partial charge in [0.25, 0.3) is 0 Å². The van der Waals surface area contributed by atoms with Crippen LogP contribution in [-0.4, -0.2) is 26.5 Å².